The minimum Gasteiger partial charge on any atom is -0.383 e. The van der Waals surface area contributed by atoms with E-state index in [0.717, 1.165) is 0 Å². The summed E-state index contributed by atoms with van der Waals surface area (Å²) >= 11 is 0. The van der Waals surface area contributed by atoms with Crippen LogP contribution < -0.4 is 5.73 Å². The van der Waals surface area contributed by atoms with Gasteiger partial charge in [-0.25, -0.2) is 9.97 Å². The first-order chi connectivity index (χ1) is 8.58. The number of aromatic amines is 1. The van der Waals surface area contributed by atoms with Crippen molar-refractivity contribution in [2.75, 3.05) is 12.8 Å². The molecule has 0 saturated carbocycles. The largest absolute Gasteiger partial charge is 0.383 e. The summed E-state index contributed by atoms with van der Waals surface area (Å²) in [5.41, 5.74) is 6.04. The molecule has 2 aromatic heterocycles. The van der Waals surface area contributed by atoms with Crippen LogP contribution in [-0.4, -0.2) is 38.0 Å². The molecule has 0 atom stereocenters. The van der Waals surface area contributed by atoms with Gasteiger partial charge in [0, 0.05) is 13.2 Å². The van der Waals surface area contributed by atoms with Crippen LogP contribution in [0.2, 0.25) is 0 Å². The second kappa shape index (κ2) is 4.82. The molecule has 0 bridgehead atoms. The van der Waals surface area contributed by atoms with Crippen LogP contribution in [0.3, 0.4) is 0 Å². The maximum atomic E-state index is 12.1. The van der Waals surface area contributed by atoms with E-state index in [-0.39, 0.29) is 11.7 Å². The summed E-state index contributed by atoms with van der Waals surface area (Å²) in [5, 5.41) is 6.71. The Balaban J connectivity index is 2.12. The average molecular weight is 246 g/mol. The van der Waals surface area contributed by atoms with E-state index in [2.05, 4.69) is 20.2 Å². The van der Waals surface area contributed by atoms with Gasteiger partial charge in [0.05, 0.1) is 12.1 Å². The molecule has 0 unspecified atom stereocenters. The number of pyridine rings is 1. The first kappa shape index (κ1) is 12.0. The molecule has 0 aliphatic heterocycles. The molecule has 7 nitrogen and oxygen atoms in total. The molecule has 0 aliphatic rings. The van der Waals surface area contributed by atoms with Crippen molar-refractivity contribution < 1.29 is 4.79 Å². The molecular weight excluding hydrogens is 232 g/mol. The molecule has 0 radical (unpaired) electrons. The number of anilines is 1. The highest BCUT2D eigenvalue weighted by molar-refractivity contribution is 5.98. The second-order valence-corrected chi connectivity index (χ2v) is 3.93. The number of aromatic nitrogens is 4. The highest BCUT2D eigenvalue weighted by Gasteiger charge is 2.16. The lowest BCUT2D eigenvalue weighted by Crippen LogP contribution is -2.27. The summed E-state index contributed by atoms with van der Waals surface area (Å²) in [5.74, 6) is 1.29. The lowest BCUT2D eigenvalue weighted by atomic mass is 10.2. The number of nitrogen functional groups attached to an aromatic ring is 1. The second-order valence-electron chi connectivity index (χ2n) is 3.93. The summed E-state index contributed by atoms with van der Waals surface area (Å²) in [7, 11) is 1.67. The zero-order chi connectivity index (χ0) is 13.1. The first-order valence-electron chi connectivity index (χ1n) is 5.41. The Morgan fingerprint density at radius 1 is 1.56 bits per heavy atom. The molecule has 0 saturated heterocycles. The Morgan fingerprint density at radius 3 is 2.94 bits per heavy atom. The number of nitrogens with one attached hydrogen (secondary N) is 1. The standard InChI is InChI=1S/C11H14N6O/c1-7-14-9(16-15-7)6-17(2)11(18)8-4-3-5-13-10(8)12/h3-5H,6H2,1-2H3,(H2,12,13)(H,14,15,16). The highest BCUT2D eigenvalue weighted by Crippen LogP contribution is 2.11. The van der Waals surface area contributed by atoms with E-state index < -0.39 is 0 Å². The molecule has 18 heavy (non-hydrogen) atoms. The summed E-state index contributed by atoms with van der Waals surface area (Å²) in [4.78, 5) is 21.6. The molecule has 94 valence electrons. The summed E-state index contributed by atoms with van der Waals surface area (Å²) in [6, 6.07) is 3.32. The van der Waals surface area contributed by atoms with E-state index in [9.17, 15) is 4.79 Å². The van der Waals surface area contributed by atoms with Crippen LogP contribution in [0.25, 0.3) is 0 Å². The lowest BCUT2D eigenvalue weighted by molar-refractivity contribution is 0.0782. The molecule has 7 heteroatoms. The highest BCUT2D eigenvalue weighted by atomic mass is 16.2. The van der Waals surface area contributed by atoms with Crippen molar-refractivity contribution >= 4 is 11.7 Å². The maximum absolute atomic E-state index is 12.1. The quantitative estimate of drug-likeness (QED) is 0.814. The molecule has 3 N–H and O–H groups in total. The van der Waals surface area contributed by atoms with Crippen molar-refractivity contribution in [2.24, 2.45) is 0 Å². The van der Waals surface area contributed by atoms with Crippen LogP contribution in [-0.2, 0) is 6.54 Å². The third-order valence-corrected chi connectivity index (χ3v) is 2.44. The van der Waals surface area contributed by atoms with Crippen molar-refractivity contribution in [3.05, 3.63) is 35.5 Å². The Hall–Kier alpha value is -2.44. The molecule has 0 spiro atoms. The number of H-pyrrole nitrogens is 1. The van der Waals surface area contributed by atoms with Gasteiger partial charge < -0.3 is 10.6 Å². The van der Waals surface area contributed by atoms with Crippen molar-refractivity contribution in [2.45, 2.75) is 13.5 Å². The number of carbonyl (C=O) groups excluding carboxylic acids is 1. The predicted octanol–water partition coefficient (Wildman–Crippen LogP) is 0.363. The number of hydrogen-bond acceptors (Lipinski definition) is 5. The zero-order valence-corrected chi connectivity index (χ0v) is 10.2. The van der Waals surface area contributed by atoms with Crippen molar-refractivity contribution in [3.63, 3.8) is 0 Å². The van der Waals surface area contributed by atoms with Gasteiger partial charge in [-0.3, -0.25) is 9.89 Å². The number of nitrogens with two attached hydrogens (primary N) is 1. The van der Waals surface area contributed by atoms with E-state index in [1.165, 1.54) is 4.90 Å². The third kappa shape index (κ3) is 2.45. The minimum atomic E-state index is -0.206. The molecule has 0 aromatic carbocycles. The molecule has 2 heterocycles. The molecule has 1 amide bonds. The van der Waals surface area contributed by atoms with Gasteiger partial charge in [-0.05, 0) is 19.1 Å². The Morgan fingerprint density at radius 2 is 2.33 bits per heavy atom. The summed E-state index contributed by atoms with van der Waals surface area (Å²) in [6.07, 6.45) is 1.55. The predicted molar refractivity (Wildman–Crippen MR) is 65.6 cm³/mol. The van der Waals surface area contributed by atoms with Crippen LogP contribution >= 0.6 is 0 Å². The molecular formula is C11H14N6O. The van der Waals surface area contributed by atoms with Gasteiger partial charge in [-0.2, -0.15) is 5.10 Å². The van der Waals surface area contributed by atoms with Gasteiger partial charge in [0.15, 0.2) is 5.82 Å². The van der Waals surface area contributed by atoms with Crippen molar-refractivity contribution in [3.8, 4) is 0 Å². The van der Waals surface area contributed by atoms with Crippen LogP contribution in [0, 0.1) is 6.92 Å². The Kier molecular flexibility index (Phi) is 3.22. The van der Waals surface area contributed by atoms with E-state index in [0.29, 0.717) is 23.8 Å². The monoisotopic (exact) mass is 246 g/mol. The maximum Gasteiger partial charge on any atom is 0.257 e. The normalized spacial score (nSPS) is 10.3. The summed E-state index contributed by atoms with van der Waals surface area (Å²) < 4.78 is 0. The minimum absolute atomic E-state index is 0.206. The molecule has 0 fully saturated rings. The van der Waals surface area contributed by atoms with Gasteiger partial charge >= 0.3 is 0 Å². The van der Waals surface area contributed by atoms with E-state index in [1.807, 2.05) is 0 Å². The van der Waals surface area contributed by atoms with Gasteiger partial charge in [-0.15, -0.1) is 0 Å². The van der Waals surface area contributed by atoms with Crippen molar-refractivity contribution in [1.29, 1.82) is 0 Å². The topological polar surface area (TPSA) is 101 Å². The fourth-order valence-electron chi connectivity index (χ4n) is 1.55. The number of amides is 1. The fourth-order valence-corrected chi connectivity index (χ4v) is 1.55. The lowest BCUT2D eigenvalue weighted by Gasteiger charge is -2.15. The van der Waals surface area contributed by atoms with Crippen LogP contribution in [0.1, 0.15) is 22.0 Å². The van der Waals surface area contributed by atoms with Crippen LogP contribution in [0.4, 0.5) is 5.82 Å². The number of hydrogen-bond donors (Lipinski definition) is 2. The number of rotatable bonds is 3. The SMILES string of the molecule is Cc1nc(CN(C)C(=O)c2cccnc2N)n[nH]1. The van der Waals surface area contributed by atoms with Gasteiger partial charge in [-0.1, -0.05) is 0 Å². The number of nitrogens with zero attached hydrogens (tertiary/aromatic N) is 4. The molecule has 0 aliphatic carbocycles. The van der Waals surface area contributed by atoms with Gasteiger partial charge in [0.25, 0.3) is 5.91 Å². The molecule has 2 rings (SSSR count). The smallest absolute Gasteiger partial charge is 0.257 e. The summed E-state index contributed by atoms with van der Waals surface area (Å²) in [6.45, 7) is 2.12. The Bertz CT molecular complexity index is 564. The van der Waals surface area contributed by atoms with Crippen molar-refractivity contribution in [1.82, 2.24) is 25.1 Å². The average Bonchev–Trinajstić information content (AvgIpc) is 2.74. The van der Waals surface area contributed by atoms with Crippen LogP contribution in [0.5, 0.6) is 0 Å². The fraction of sp³-hybridized carbons (Fsp3) is 0.273. The first-order valence-corrected chi connectivity index (χ1v) is 5.41. The molecule has 2 aromatic rings. The van der Waals surface area contributed by atoms with Gasteiger partial charge in [0.1, 0.15) is 11.6 Å². The number of carbonyl (C=O) groups is 1. The van der Waals surface area contributed by atoms with E-state index >= 15 is 0 Å². The van der Waals surface area contributed by atoms with E-state index in [4.69, 9.17) is 5.73 Å². The van der Waals surface area contributed by atoms with Gasteiger partial charge in [0.2, 0.25) is 0 Å². The third-order valence-electron chi connectivity index (χ3n) is 2.44. The van der Waals surface area contributed by atoms with Crippen LogP contribution in [0.15, 0.2) is 18.3 Å². The van der Waals surface area contributed by atoms with E-state index in [1.54, 1.807) is 32.3 Å². The Labute approximate surface area is 104 Å². The zero-order valence-electron chi connectivity index (χ0n) is 10.2. The number of aryl methyl sites for hydroxylation is 1.